The summed E-state index contributed by atoms with van der Waals surface area (Å²) in [5.74, 6) is 0. The van der Waals surface area contributed by atoms with Crippen molar-refractivity contribution in [1.82, 2.24) is 0 Å². The van der Waals surface area contributed by atoms with E-state index in [0.29, 0.717) is 0 Å². The molecule has 0 bridgehead atoms. The highest BCUT2D eigenvalue weighted by Gasteiger charge is 2.18. The van der Waals surface area contributed by atoms with Crippen molar-refractivity contribution >= 4 is 92.1 Å². The molecule has 0 aliphatic carbocycles. The van der Waals surface area contributed by atoms with Gasteiger partial charge in [-0.25, -0.2) is 0 Å². The summed E-state index contributed by atoms with van der Waals surface area (Å²) in [4.78, 5) is 2.36. The van der Waals surface area contributed by atoms with Gasteiger partial charge in [0, 0.05) is 54.1 Å². The Kier molecular flexibility index (Phi) is 6.76. The zero-order valence-electron chi connectivity index (χ0n) is 28.7. The van der Waals surface area contributed by atoms with E-state index in [2.05, 4.69) is 181 Å². The lowest BCUT2D eigenvalue weighted by Gasteiger charge is -2.26. The third-order valence-electron chi connectivity index (χ3n) is 10.6. The minimum Gasteiger partial charge on any atom is -0.456 e. The highest BCUT2D eigenvalue weighted by Crippen LogP contribution is 2.44. The number of hydrogen-bond donors (Lipinski definition) is 0. The van der Waals surface area contributed by atoms with Gasteiger partial charge < -0.3 is 9.32 Å². The highest BCUT2D eigenvalue weighted by atomic mass is 32.1. The second-order valence-corrected chi connectivity index (χ2v) is 14.8. The minimum atomic E-state index is 0.879. The molecule has 2 heterocycles. The average molecular weight is 694 g/mol. The van der Waals surface area contributed by atoms with Gasteiger partial charge in [-0.05, 0) is 104 Å². The van der Waals surface area contributed by atoms with E-state index in [1.165, 1.54) is 64.0 Å². The molecule has 0 amide bonds. The number of anilines is 3. The molecule has 9 aromatic carbocycles. The van der Waals surface area contributed by atoms with E-state index in [1.807, 2.05) is 23.5 Å². The van der Waals surface area contributed by atoms with E-state index < -0.39 is 0 Å². The van der Waals surface area contributed by atoms with Gasteiger partial charge in [0.2, 0.25) is 0 Å². The summed E-state index contributed by atoms with van der Waals surface area (Å²) in [7, 11) is 0. The topological polar surface area (TPSA) is 16.4 Å². The summed E-state index contributed by atoms with van der Waals surface area (Å²) in [5, 5.41) is 9.95. The van der Waals surface area contributed by atoms with Crippen molar-refractivity contribution in [3.63, 3.8) is 0 Å². The third-order valence-corrected chi connectivity index (χ3v) is 11.7. The molecular formula is C50H31NOS. The number of rotatable bonds is 5. The zero-order chi connectivity index (χ0) is 34.9. The van der Waals surface area contributed by atoms with Gasteiger partial charge in [0.15, 0.2) is 0 Å². The number of furan rings is 1. The van der Waals surface area contributed by atoms with Crippen molar-refractivity contribution in [2.45, 2.75) is 0 Å². The summed E-state index contributed by atoms with van der Waals surface area (Å²) >= 11 is 1.86. The lowest BCUT2D eigenvalue weighted by molar-refractivity contribution is 0.669. The second kappa shape index (κ2) is 11.9. The fourth-order valence-electron chi connectivity index (χ4n) is 8.11. The predicted molar refractivity (Wildman–Crippen MR) is 227 cm³/mol. The Hall–Kier alpha value is -6.68. The Bertz CT molecular complexity index is 3170. The number of benzene rings is 9. The number of thiophene rings is 1. The van der Waals surface area contributed by atoms with Gasteiger partial charge >= 0.3 is 0 Å². The van der Waals surface area contributed by atoms with Gasteiger partial charge in [-0.15, -0.1) is 11.3 Å². The maximum Gasteiger partial charge on any atom is 0.137 e. The number of nitrogens with zero attached hydrogens (tertiary/aromatic N) is 1. The molecule has 0 aliphatic heterocycles. The molecule has 0 fully saturated rings. The van der Waals surface area contributed by atoms with Crippen LogP contribution in [0.1, 0.15) is 0 Å². The van der Waals surface area contributed by atoms with E-state index in [1.54, 1.807) is 0 Å². The van der Waals surface area contributed by atoms with Crippen molar-refractivity contribution in [2.75, 3.05) is 4.90 Å². The summed E-state index contributed by atoms with van der Waals surface area (Å²) in [6.45, 7) is 0. The van der Waals surface area contributed by atoms with Crippen molar-refractivity contribution < 1.29 is 4.42 Å². The lowest BCUT2D eigenvalue weighted by Crippen LogP contribution is -2.09. The first kappa shape index (κ1) is 30.0. The van der Waals surface area contributed by atoms with E-state index >= 15 is 0 Å². The predicted octanol–water partition coefficient (Wildman–Crippen LogP) is 15.1. The fourth-order valence-corrected chi connectivity index (χ4v) is 9.27. The van der Waals surface area contributed by atoms with Gasteiger partial charge in [-0.3, -0.25) is 0 Å². The van der Waals surface area contributed by atoms with Gasteiger partial charge in [0.05, 0.1) is 0 Å². The van der Waals surface area contributed by atoms with Gasteiger partial charge in [0.1, 0.15) is 11.2 Å². The van der Waals surface area contributed by atoms with Gasteiger partial charge in [-0.1, -0.05) is 121 Å². The number of para-hydroxylation sites is 1. The monoisotopic (exact) mass is 693 g/mol. The summed E-state index contributed by atoms with van der Waals surface area (Å²) in [5.41, 5.74) is 9.86. The van der Waals surface area contributed by atoms with E-state index in [-0.39, 0.29) is 0 Å². The minimum absolute atomic E-state index is 0.879. The molecule has 11 aromatic rings. The molecule has 0 spiro atoms. The van der Waals surface area contributed by atoms with Crippen molar-refractivity contribution in [3.05, 3.63) is 188 Å². The molecule has 0 N–H and O–H groups in total. The Morgan fingerprint density at radius 3 is 1.87 bits per heavy atom. The number of fused-ring (bicyclic) bond motifs is 9. The van der Waals surface area contributed by atoms with Crippen LogP contribution in [0.3, 0.4) is 0 Å². The molecule has 0 aliphatic rings. The van der Waals surface area contributed by atoms with Crippen LogP contribution < -0.4 is 4.90 Å². The Morgan fingerprint density at radius 1 is 0.358 bits per heavy atom. The highest BCUT2D eigenvalue weighted by molar-refractivity contribution is 7.26. The molecule has 0 saturated heterocycles. The van der Waals surface area contributed by atoms with Crippen LogP contribution in [0.15, 0.2) is 192 Å². The smallest absolute Gasteiger partial charge is 0.137 e. The third kappa shape index (κ3) is 4.93. The standard InChI is InChI=1S/C50H31NOS/c1-2-10-33(11-3-1)45-29-36(28-35-13-5-6-14-40(35)45)32-18-21-37(22-19-32)51(38-23-25-43-42-16-8-9-17-46(42)52-47(43)30-38)39-24-26-44-49(31-39)53-48-27-20-34-12-4-7-15-41(34)50(44)48/h1-31H. The lowest BCUT2D eigenvalue weighted by atomic mass is 9.93. The maximum atomic E-state index is 6.40. The molecule has 53 heavy (non-hydrogen) atoms. The van der Waals surface area contributed by atoms with Crippen molar-refractivity contribution in [1.29, 1.82) is 0 Å². The fraction of sp³-hybridized carbons (Fsp3) is 0. The largest absolute Gasteiger partial charge is 0.456 e. The van der Waals surface area contributed by atoms with Crippen LogP contribution in [0.4, 0.5) is 17.1 Å². The second-order valence-electron chi connectivity index (χ2n) is 13.7. The van der Waals surface area contributed by atoms with Crippen LogP contribution in [0.2, 0.25) is 0 Å². The molecule has 248 valence electrons. The molecule has 0 atom stereocenters. The van der Waals surface area contributed by atoms with Crippen LogP contribution in [-0.2, 0) is 0 Å². The van der Waals surface area contributed by atoms with E-state index in [4.69, 9.17) is 4.42 Å². The van der Waals surface area contributed by atoms with E-state index in [9.17, 15) is 0 Å². The molecule has 2 aromatic heterocycles. The van der Waals surface area contributed by atoms with Crippen LogP contribution in [0.5, 0.6) is 0 Å². The summed E-state index contributed by atoms with van der Waals surface area (Å²) in [6.07, 6.45) is 0. The van der Waals surface area contributed by atoms with E-state index in [0.717, 1.165) is 39.0 Å². The van der Waals surface area contributed by atoms with Crippen LogP contribution in [0.25, 0.3) is 85.9 Å². The Labute approximate surface area is 310 Å². The summed E-state index contributed by atoms with van der Waals surface area (Å²) < 4.78 is 8.98. The molecular weight excluding hydrogens is 663 g/mol. The van der Waals surface area contributed by atoms with Gasteiger partial charge in [-0.2, -0.15) is 0 Å². The number of hydrogen-bond acceptors (Lipinski definition) is 3. The van der Waals surface area contributed by atoms with Crippen LogP contribution >= 0.6 is 11.3 Å². The zero-order valence-corrected chi connectivity index (χ0v) is 29.5. The quantitative estimate of drug-likeness (QED) is 0.178. The first-order chi connectivity index (χ1) is 26.2. The average Bonchev–Trinajstić information content (AvgIpc) is 3.79. The van der Waals surface area contributed by atoms with Crippen LogP contribution in [-0.4, -0.2) is 0 Å². The maximum absolute atomic E-state index is 6.40. The summed E-state index contributed by atoms with van der Waals surface area (Å²) in [6, 6.07) is 68.0. The normalized spacial score (nSPS) is 11.8. The Morgan fingerprint density at radius 2 is 1.02 bits per heavy atom. The Balaban J connectivity index is 1.07. The SMILES string of the molecule is c1ccc(-c2cc(-c3ccc(N(c4ccc5c(c4)oc4ccccc45)c4ccc5c(c4)sc4ccc6ccccc6c45)cc3)cc3ccccc23)cc1. The first-order valence-electron chi connectivity index (χ1n) is 18.0. The van der Waals surface area contributed by atoms with Crippen molar-refractivity contribution in [3.8, 4) is 22.3 Å². The molecule has 2 nitrogen and oxygen atoms in total. The van der Waals surface area contributed by atoms with Crippen molar-refractivity contribution in [2.24, 2.45) is 0 Å². The molecule has 11 rings (SSSR count). The molecule has 0 saturated carbocycles. The van der Waals surface area contributed by atoms with Gasteiger partial charge in [0.25, 0.3) is 0 Å². The molecule has 0 radical (unpaired) electrons. The first-order valence-corrected chi connectivity index (χ1v) is 18.8. The van der Waals surface area contributed by atoms with Crippen LogP contribution in [0, 0.1) is 0 Å². The molecule has 0 unspecified atom stereocenters. The molecule has 3 heteroatoms.